The van der Waals surface area contributed by atoms with Crippen molar-refractivity contribution in [2.45, 2.75) is 6.92 Å². The van der Waals surface area contributed by atoms with Gasteiger partial charge in [0.2, 0.25) is 0 Å². The number of aliphatic hydroxyl groups excluding tert-OH is 1. The number of para-hydroxylation sites is 2. The summed E-state index contributed by atoms with van der Waals surface area (Å²) in [7, 11) is 0. The summed E-state index contributed by atoms with van der Waals surface area (Å²) in [4.78, 5) is 15.6. The summed E-state index contributed by atoms with van der Waals surface area (Å²) >= 11 is 0. The van der Waals surface area contributed by atoms with Crippen LogP contribution in [0.5, 0.6) is 11.5 Å². The van der Waals surface area contributed by atoms with E-state index in [9.17, 15) is 15.3 Å². The first kappa shape index (κ1) is 26.7. The predicted molar refractivity (Wildman–Crippen MR) is 141 cm³/mol. The number of benzene rings is 2. The van der Waals surface area contributed by atoms with E-state index < -0.39 is 0 Å². The lowest BCUT2D eigenvalue weighted by atomic mass is 10.2. The summed E-state index contributed by atoms with van der Waals surface area (Å²) in [5.41, 5.74) is 2.13. The highest BCUT2D eigenvalue weighted by atomic mass is 16.3. The van der Waals surface area contributed by atoms with Gasteiger partial charge in [-0.1, -0.05) is 42.5 Å². The monoisotopic (exact) mass is 462 g/mol. The van der Waals surface area contributed by atoms with Crippen molar-refractivity contribution in [2.24, 2.45) is 15.0 Å². The molecule has 0 bridgehead atoms. The maximum atomic E-state index is 9.86. The Morgan fingerprint density at radius 3 is 1.76 bits per heavy atom. The molecule has 0 atom stereocenters. The zero-order chi connectivity index (χ0) is 24.4. The molecule has 2 aromatic carbocycles. The van der Waals surface area contributed by atoms with Crippen LogP contribution in [0.15, 0.2) is 87.3 Å². The van der Waals surface area contributed by atoms with Crippen molar-refractivity contribution in [1.29, 1.82) is 0 Å². The Morgan fingerprint density at radius 1 is 0.794 bits per heavy atom. The lowest BCUT2D eigenvalue weighted by Crippen LogP contribution is -2.31. The summed E-state index contributed by atoms with van der Waals surface area (Å²) in [6.07, 6.45) is 10.7. The minimum Gasteiger partial charge on any atom is -0.507 e. The summed E-state index contributed by atoms with van der Waals surface area (Å²) < 4.78 is 0. The van der Waals surface area contributed by atoms with Crippen molar-refractivity contribution in [1.82, 2.24) is 4.90 Å². The number of allylic oxidation sites excluding steroid dienone is 3. The average Bonchev–Trinajstić information content (AvgIpc) is 2.85. The van der Waals surface area contributed by atoms with Crippen LogP contribution >= 0.6 is 0 Å². The molecule has 0 aliphatic carbocycles. The molecular formula is C27H34N4O3. The van der Waals surface area contributed by atoms with E-state index in [-0.39, 0.29) is 18.1 Å². The summed E-state index contributed by atoms with van der Waals surface area (Å²) in [5.74, 6) is 0.420. The molecule has 2 aromatic rings. The second kappa shape index (κ2) is 16.1. The normalized spacial score (nSPS) is 12.9. The van der Waals surface area contributed by atoms with Gasteiger partial charge in [-0.25, -0.2) is 0 Å². The van der Waals surface area contributed by atoms with Crippen LogP contribution in [0.3, 0.4) is 0 Å². The standard InChI is InChI=1S/C27H34N4O3/c1-2-3-8-23(22-32)19-28-13-16-31(17-14-29-20-24-9-4-6-11-26(24)33)18-15-30-21-25-10-5-7-12-27(25)34/h2-12,19-21,32-34H,13-18,22H2,1H3/b3-2-,23-8-,28-19?,29-20?,30-21?. The van der Waals surface area contributed by atoms with E-state index in [1.807, 2.05) is 49.4 Å². The highest BCUT2D eigenvalue weighted by molar-refractivity contribution is 5.83. The molecule has 0 saturated carbocycles. The van der Waals surface area contributed by atoms with Gasteiger partial charge in [-0.2, -0.15) is 0 Å². The van der Waals surface area contributed by atoms with E-state index >= 15 is 0 Å². The molecule has 0 radical (unpaired) electrons. The average molecular weight is 463 g/mol. The number of aromatic hydroxyl groups is 2. The van der Waals surface area contributed by atoms with E-state index in [4.69, 9.17) is 0 Å². The molecule has 0 aromatic heterocycles. The van der Waals surface area contributed by atoms with Crippen LogP contribution in [-0.2, 0) is 0 Å². The molecule has 34 heavy (non-hydrogen) atoms. The van der Waals surface area contributed by atoms with Crippen LogP contribution < -0.4 is 0 Å². The Labute approximate surface area is 201 Å². The predicted octanol–water partition coefficient (Wildman–Crippen LogP) is 3.50. The first-order valence-electron chi connectivity index (χ1n) is 11.3. The molecule has 2 rings (SSSR count). The molecule has 0 amide bonds. The SMILES string of the molecule is C/C=C\C=C(\C=NCCN(CCN=Cc1ccccc1O)CCN=Cc1ccccc1O)CO. The van der Waals surface area contributed by atoms with Crippen LogP contribution in [0, 0.1) is 0 Å². The third kappa shape index (κ3) is 10.4. The molecule has 3 N–H and O–H groups in total. The van der Waals surface area contributed by atoms with Crippen LogP contribution in [0.4, 0.5) is 0 Å². The Kier molecular flexibility index (Phi) is 12.7. The zero-order valence-electron chi connectivity index (χ0n) is 19.7. The molecule has 0 aliphatic rings. The van der Waals surface area contributed by atoms with Gasteiger partial charge in [0.1, 0.15) is 11.5 Å². The molecule has 180 valence electrons. The second-order valence-corrected chi connectivity index (χ2v) is 7.49. The van der Waals surface area contributed by atoms with Crippen LogP contribution in [0.1, 0.15) is 18.1 Å². The maximum absolute atomic E-state index is 9.86. The number of phenols is 2. The number of phenolic OH excluding ortho intramolecular Hbond substituents is 2. The van der Waals surface area contributed by atoms with Crippen LogP contribution in [-0.4, -0.2) is 84.7 Å². The van der Waals surface area contributed by atoms with E-state index in [0.29, 0.717) is 43.9 Å². The first-order chi connectivity index (χ1) is 16.6. The van der Waals surface area contributed by atoms with Crippen molar-refractivity contribution in [2.75, 3.05) is 45.9 Å². The van der Waals surface area contributed by atoms with Gasteiger partial charge in [0.05, 0.1) is 26.2 Å². The minimum atomic E-state index is -0.0559. The Bertz CT molecular complexity index is 953. The van der Waals surface area contributed by atoms with Crippen LogP contribution in [0.25, 0.3) is 0 Å². The summed E-state index contributed by atoms with van der Waals surface area (Å²) in [5, 5.41) is 29.1. The molecule has 7 heteroatoms. The van der Waals surface area contributed by atoms with E-state index in [0.717, 1.165) is 12.1 Å². The molecule has 0 spiro atoms. The molecule has 0 unspecified atom stereocenters. The summed E-state index contributed by atoms with van der Waals surface area (Å²) in [6, 6.07) is 14.2. The fourth-order valence-electron chi connectivity index (χ4n) is 2.99. The fraction of sp³-hybridized carbons (Fsp3) is 0.296. The Morgan fingerprint density at radius 2 is 1.29 bits per heavy atom. The first-order valence-corrected chi connectivity index (χ1v) is 11.3. The zero-order valence-corrected chi connectivity index (χ0v) is 19.7. The number of aliphatic imine (C=N–C) groups is 3. The minimum absolute atomic E-state index is 0.0559. The van der Waals surface area contributed by atoms with Crippen molar-refractivity contribution >= 4 is 18.6 Å². The number of rotatable bonds is 14. The van der Waals surface area contributed by atoms with Gasteiger partial charge in [0.15, 0.2) is 0 Å². The summed E-state index contributed by atoms with van der Waals surface area (Å²) in [6.45, 7) is 5.74. The number of aliphatic hydroxyl groups is 1. The molecule has 0 fully saturated rings. The Hall–Kier alpha value is -3.55. The Balaban J connectivity index is 1.91. The van der Waals surface area contributed by atoms with Crippen molar-refractivity contribution in [3.05, 3.63) is 83.5 Å². The lowest BCUT2D eigenvalue weighted by Gasteiger charge is -2.19. The van der Waals surface area contributed by atoms with Crippen LogP contribution in [0.2, 0.25) is 0 Å². The topological polar surface area (TPSA) is 101 Å². The van der Waals surface area contributed by atoms with Gasteiger partial charge in [-0.05, 0) is 36.8 Å². The van der Waals surface area contributed by atoms with Crippen molar-refractivity contribution in [3.63, 3.8) is 0 Å². The van der Waals surface area contributed by atoms with Crippen molar-refractivity contribution in [3.8, 4) is 11.5 Å². The lowest BCUT2D eigenvalue weighted by molar-refractivity contribution is 0.298. The van der Waals surface area contributed by atoms with E-state index in [1.54, 1.807) is 42.9 Å². The van der Waals surface area contributed by atoms with Gasteiger partial charge >= 0.3 is 0 Å². The highest BCUT2D eigenvalue weighted by Crippen LogP contribution is 2.13. The molecule has 0 aliphatic heterocycles. The highest BCUT2D eigenvalue weighted by Gasteiger charge is 2.04. The molecule has 7 nitrogen and oxygen atoms in total. The van der Waals surface area contributed by atoms with Crippen molar-refractivity contribution < 1.29 is 15.3 Å². The number of nitrogens with zero attached hydrogens (tertiary/aromatic N) is 4. The van der Waals surface area contributed by atoms with Gasteiger partial charge < -0.3 is 15.3 Å². The van der Waals surface area contributed by atoms with Gasteiger partial charge in [-0.15, -0.1) is 0 Å². The smallest absolute Gasteiger partial charge is 0.124 e. The van der Waals surface area contributed by atoms with E-state index in [2.05, 4.69) is 19.9 Å². The number of hydrogen-bond donors (Lipinski definition) is 3. The maximum Gasteiger partial charge on any atom is 0.124 e. The molecular weight excluding hydrogens is 428 g/mol. The van der Waals surface area contributed by atoms with E-state index in [1.165, 1.54) is 0 Å². The number of hydrogen-bond acceptors (Lipinski definition) is 7. The third-order valence-electron chi connectivity index (χ3n) is 4.91. The second-order valence-electron chi connectivity index (χ2n) is 7.49. The van der Waals surface area contributed by atoms with Gasteiger partial charge in [0, 0.05) is 49.4 Å². The fourth-order valence-corrected chi connectivity index (χ4v) is 2.99. The largest absolute Gasteiger partial charge is 0.507 e. The third-order valence-corrected chi connectivity index (χ3v) is 4.91. The molecule has 0 saturated heterocycles. The quantitative estimate of drug-likeness (QED) is 0.295. The van der Waals surface area contributed by atoms with Gasteiger partial charge in [-0.3, -0.25) is 19.9 Å². The molecule has 0 heterocycles. The van der Waals surface area contributed by atoms with Gasteiger partial charge in [0.25, 0.3) is 0 Å².